The molecule has 1 fully saturated rings. The zero-order chi connectivity index (χ0) is 18.9. The molecular formula is C15H20FN5O4S. The fourth-order valence-corrected chi connectivity index (χ4v) is 4.83. The van der Waals surface area contributed by atoms with Gasteiger partial charge in [0, 0.05) is 32.1 Å². The molecule has 0 radical (unpaired) electrons. The van der Waals surface area contributed by atoms with Gasteiger partial charge in [-0.25, -0.2) is 17.6 Å². The van der Waals surface area contributed by atoms with E-state index >= 15 is 4.39 Å². The molecule has 2 amide bonds. The first kappa shape index (κ1) is 18.4. The Morgan fingerprint density at radius 3 is 2.62 bits per heavy atom. The summed E-state index contributed by atoms with van der Waals surface area (Å²) < 4.78 is 46.6. The van der Waals surface area contributed by atoms with Crippen molar-refractivity contribution in [2.75, 3.05) is 18.4 Å². The van der Waals surface area contributed by atoms with Crippen LogP contribution in [0.25, 0.3) is 0 Å². The first-order chi connectivity index (χ1) is 12.2. The van der Waals surface area contributed by atoms with Crippen LogP contribution in [0.15, 0.2) is 34.1 Å². The Morgan fingerprint density at radius 2 is 2.08 bits per heavy atom. The van der Waals surface area contributed by atoms with Crippen LogP contribution in [0.4, 0.5) is 15.0 Å². The van der Waals surface area contributed by atoms with Crippen molar-refractivity contribution in [3.05, 3.63) is 24.6 Å². The highest BCUT2D eigenvalue weighted by atomic mass is 32.2. The van der Waals surface area contributed by atoms with E-state index in [9.17, 15) is 13.2 Å². The van der Waals surface area contributed by atoms with Crippen molar-refractivity contribution in [1.29, 1.82) is 0 Å². The SMILES string of the molecule is Cn1nccc1S(=O)(=O)C(C)(F)C1CCN(C(=O)Nc2ccon2)CC1. The number of amides is 2. The van der Waals surface area contributed by atoms with E-state index in [1.54, 1.807) is 0 Å². The Morgan fingerprint density at radius 1 is 1.38 bits per heavy atom. The Bertz CT molecular complexity index is 870. The number of rotatable bonds is 4. The molecule has 26 heavy (non-hydrogen) atoms. The van der Waals surface area contributed by atoms with Crippen LogP contribution in [0, 0.1) is 5.92 Å². The molecule has 0 bridgehead atoms. The van der Waals surface area contributed by atoms with E-state index in [0.29, 0.717) is 0 Å². The number of alkyl halides is 1. The molecule has 1 saturated heterocycles. The van der Waals surface area contributed by atoms with E-state index < -0.39 is 20.8 Å². The minimum Gasteiger partial charge on any atom is -0.363 e. The molecule has 0 aromatic carbocycles. The number of hydrogen-bond donors (Lipinski definition) is 1. The summed E-state index contributed by atoms with van der Waals surface area (Å²) in [5.41, 5.74) is 0. The maximum Gasteiger partial charge on any atom is 0.323 e. The summed E-state index contributed by atoms with van der Waals surface area (Å²) in [6, 6.07) is 2.41. The third kappa shape index (κ3) is 3.18. The quantitative estimate of drug-likeness (QED) is 0.859. The monoisotopic (exact) mass is 385 g/mol. The number of anilines is 1. The summed E-state index contributed by atoms with van der Waals surface area (Å²) in [5, 5.41) is 7.36. The van der Waals surface area contributed by atoms with Crippen LogP contribution in [0.3, 0.4) is 0 Å². The molecule has 11 heteroatoms. The van der Waals surface area contributed by atoms with Crippen molar-refractivity contribution < 1.29 is 22.1 Å². The molecule has 1 unspecified atom stereocenters. The van der Waals surface area contributed by atoms with Crippen molar-refractivity contribution in [2.45, 2.75) is 29.8 Å². The van der Waals surface area contributed by atoms with Gasteiger partial charge in [-0.15, -0.1) is 0 Å². The van der Waals surface area contributed by atoms with E-state index in [0.717, 1.165) is 11.6 Å². The van der Waals surface area contributed by atoms with Gasteiger partial charge < -0.3 is 9.42 Å². The minimum absolute atomic E-state index is 0.159. The van der Waals surface area contributed by atoms with Crippen LogP contribution in [0.2, 0.25) is 0 Å². The van der Waals surface area contributed by atoms with Crippen LogP contribution in [-0.4, -0.2) is 52.4 Å². The number of piperidine rings is 1. The van der Waals surface area contributed by atoms with Gasteiger partial charge in [0.25, 0.3) is 0 Å². The Labute approximate surface area is 150 Å². The minimum atomic E-state index is -4.21. The average Bonchev–Trinajstić information content (AvgIpc) is 3.26. The molecule has 0 saturated carbocycles. The lowest BCUT2D eigenvalue weighted by Crippen LogP contribution is -2.48. The number of nitrogens with one attached hydrogen (secondary N) is 1. The van der Waals surface area contributed by atoms with Crippen molar-refractivity contribution >= 4 is 21.7 Å². The maximum absolute atomic E-state index is 15.4. The summed E-state index contributed by atoms with van der Waals surface area (Å²) in [6.07, 6.45) is 3.12. The van der Waals surface area contributed by atoms with E-state index in [1.807, 2.05) is 0 Å². The Hall–Kier alpha value is -2.43. The van der Waals surface area contributed by atoms with Gasteiger partial charge in [-0.1, -0.05) is 5.16 Å². The lowest BCUT2D eigenvalue weighted by molar-refractivity contribution is 0.117. The summed E-state index contributed by atoms with van der Waals surface area (Å²) in [6.45, 7) is 1.58. The number of halogens is 1. The van der Waals surface area contributed by atoms with Crippen molar-refractivity contribution in [2.24, 2.45) is 13.0 Å². The second-order valence-electron chi connectivity index (χ2n) is 6.36. The molecule has 1 atom stereocenters. The third-order valence-corrected chi connectivity index (χ3v) is 7.10. The third-order valence-electron chi connectivity index (χ3n) is 4.76. The summed E-state index contributed by atoms with van der Waals surface area (Å²) in [7, 11) is -2.75. The Balaban J connectivity index is 1.67. The summed E-state index contributed by atoms with van der Waals surface area (Å²) in [5.74, 6) is -0.440. The highest BCUT2D eigenvalue weighted by molar-refractivity contribution is 7.92. The molecule has 9 nitrogen and oxygen atoms in total. The molecule has 1 aliphatic heterocycles. The van der Waals surface area contributed by atoms with Gasteiger partial charge in [0.1, 0.15) is 6.26 Å². The number of nitrogens with zero attached hydrogens (tertiary/aromatic N) is 4. The average molecular weight is 385 g/mol. The van der Waals surface area contributed by atoms with Crippen molar-refractivity contribution in [1.82, 2.24) is 19.8 Å². The summed E-state index contributed by atoms with van der Waals surface area (Å²) in [4.78, 5) is 13.7. The van der Waals surface area contributed by atoms with E-state index in [1.165, 1.54) is 36.5 Å². The summed E-state index contributed by atoms with van der Waals surface area (Å²) >= 11 is 0. The normalized spacial score (nSPS) is 18.5. The van der Waals surface area contributed by atoms with Gasteiger partial charge >= 0.3 is 6.03 Å². The highest BCUT2D eigenvalue weighted by Gasteiger charge is 2.49. The lowest BCUT2D eigenvalue weighted by Gasteiger charge is -2.37. The number of sulfone groups is 1. The number of carbonyl (C=O) groups is 1. The predicted molar refractivity (Wildman–Crippen MR) is 89.7 cm³/mol. The molecule has 0 aliphatic carbocycles. The topological polar surface area (TPSA) is 110 Å². The fourth-order valence-electron chi connectivity index (χ4n) is 3.11. The molecule has 2 aromatic rings. The molecule has 1 N–H and O–H groups in total. The van der Waals surface area contributed by atoms with Crippen LogP contribution < -0.4 is 5.32 Å². The smallest absolute Gasteiger partial charge is 0.323 e. The Kier molecular flexibility index (Phi) is 4.74. The largest absolute Gasteiger partial charge is 0.363 e. The standard InChI is InChI=1S/C15H20FN5O4S/c1-15(16,26(23,24)13-3-7-17-20(13)2)11-4-8-21(9-5-11)14(22)18-12-6-10-25-19-12/h3,6-7,10-11H,4-5,8-9H2,1-2H3,(H,18,19,22). The zero-order valence-corrected chi connectivity index (χ0v) is 15.2. The number of urea groups is 1. The van der Waals surface area contributed by atoms with Crippen LogP contribution >= 0.6 is 0 Å². The first-order valence-corrected chi connectivity index (χ1v) is 9.59. The number of aryl methyl sites for hydroxylation is 1. The number of carbonyl (C=O) groups excluding carboxylic acids is 1. The highest BCUT2D eigenvalue weighted by Crippen LogP contribution is 2.39. The van der Waals surface area contributed by atoms with Crippen molar-refractivity contribution in [3.8, 4) is 0 Å². The molecule has 142 valence electrons. The second kappa shape index (κ2) is 6.71. The van der Waals surface area contributed by atoms with Gasteiger partial charge in [0.05, 0.1) is 6.20 Å². The van der Waals surface area contributed by atoms with E-state index in [2.05, 4.69) is 20.1 Å². The fraction of sp³-hybridized carbons (Fsp3) is 0.533. The number of hydrogen-bond acceptors (Lipinski definition) is 6. The molecule has 3 rings (SSSR count). The first-order valence-electron chi connectivity index (χ1n) is 8.11. The van der Waals surface area contributed by atoms with Crippen LogP contribution in [0.5, 0.6) is 0 Å². The van der Waals surface area contributed by atoms with Gasteiger partial charge in [-0.05, 0) is 25.8 Å². The predicted octanol–water partition coefficient (Wildman–Crippen LogP) is 1.81. The van der Waals surface area contributed by atoms with E-state index in [-0.39, 0.29) is 42.8 Å². The van der Waals surface area contributed by atoms with Crippen molar-refractivity contribution in [3.63, 3.8) is 0 Å². The van der Waals surface area contributed by atoms with E-state index in [4.69, 9.17) is 0 Å². The lowest BCUT2D eigenvalue weighted by atomic mass is 9.92. The maximum atomic E-state index is 15.4. The zero-order valence-electron chi connectivity index (χ0n) is 14.4. The van der Waals surface area contributed by atoms with Gasteiger partial charge in [0.15, 0.2) is 10.8 Å². The van der Waals surface area contributed by atoms with Gasteiger partial charge in [-0.2, -0.15) is 5.10 Å². The van der Waals surface area contributed by atoms with Gasteiger partial charge in [0.2, 0.25) is 14.8 Å². The molecule has 0 spiro atoms. The van der Waals surface area contributed by atoms with Crippen LogP contribution in [-0.2, 0) is 16.9 Å². The molecule has 1 aliphatic rings. The molecule has 3 heterocycles. The number of aromatic nitrogens is 3. The van der Waals surface area contributed by atoms with Gasteiger partial charge in [-0.3, -0.25) is 10.00 Å². The number of likely N-dealkylation sites (tertiary alicyclic amines) is 1. The molecular weight excluding hydrogens is 365 g/mol. The second-order valence-corrected chi connectivity index (χ2v) is 8.58. The molecule has 2 aromatic heterocycles. The van der Waals surface area contributed by atoms with Crippen LogP contribution in [0.1, 0.15) is 19.8 Å².